The monoisotopic (exact) mass is 439 g/mol. The molecule has 0 bridgehead atoms. The lowest BCUT2D eigenvalue weighted by atomic mass is 10.1. The number of fused-ring (bicyclic) bond motifs is 1. The van der Waals surface area contributed by atoms with Crippen LogP contribution in [0.3, 0.4) is 0 Å². The molecular weight excluding hydrogens is 420 g/mol. The molecule has 1 amide bonds. The number of aromatic amines is 1. The molecular formula is C14H19F2N5O7S. The highest BCUT2D eigenvalue weighted by Crippen LogP contribution is 2.38. The maximum Gasteiger partial charge on any atom is 0.394 e. The van der Waals surface area contributed by atoms with Gasteiger partial charge in [-0.3, -0.25) is 24.6 Å². The highest BCUT2D eigenvalue weighted by molar-refractivity contribution is 7.79. The molecule has 162 valence electrons. The molecule has 2 heterocycles. The predicted octanol–water partition coefficient (Wildman–Crippen LogP) is -0.312. The smallest absolute Gasteiger partial charge is 0.394 e. The molecule has 12 nitrogen and oxygen atoms in total. The van der Waals surface area contributed by atoms with Crippen LogP contribution in [0.2, 0.25) is 0 Å². The minimum Gasteiger partial charge on any atom is -0.502 e. The van der Waals surface area contributed by atoms with E-state index >= 15 is 0 Å². The summed E-state index contributed by atoms with van der Waals surface area (Å²) in [4.78, 5) is 14.4. The van der Waals surface area contributed by atoms with Crippen molar-refractivity contribution in [2.75, 3.05) is 20.1 Å². The summed E-state index contributed by atoms with van der Waals surface area (Å²) in [6, 6.07) is 0. The van der Waals surface area contributed by atoms with E-state index in [1.807, 2.05) is 0 Å². The van der Waals surface area contributed by atoms with Crippen molar-refractivity contribution in [2.45, 2.75) is 6.42 Å². The molecule has 1 aromatic heterocycles. The Balaban J connectivity index is 0.000000269. The Morgan fingerprint density at radius 3 is 2.14 bits per heavy atom. The predicted molar refractivity (Wildman–Crippen MR) is 97.0 cm³/mol. The largest absolute Gasteiger partial charge is 0.502 e. The van der Waals surface area contributed by atoms with Gasteiger partial charge in [0.1, 0.15) is 0 Å². The van der Waals surface area contributed by atoms with E-state index < -0.39 is 33.5 Å². The van der Waals surface area contributed by atoms with Crippen molar-refractivity contribution >= 4 is 33.2 Å². The standard InChI is InChI=1S/C10H10F2N2O2.C4H7N3O.H2O4S/c11-6-5-4(1-2-13)3-14-8(5)7(12)10(16)9(6)15;1-7-2-3(8)6-4(7)5;1-5(2,3)4/h3,14-16H,1-2,13H2;2H2,1H3,(H2,5,6,8);(H2,1,2,3,4). The second-order valence-electron chi connectivity index (χ2n) is 5.63. The molecule has 0 spiro atoms. The number of phenolic OH excluding ortho intramolecular Hbond substituents is 2. The molecule has 9 N–H and O–H groups in total. The number of nitrogens with one attached hydrogen (secondary N) is 3. The zero-order valence-electron chi connectivity index (χ0n) is 14.9. The first-order valence-electron chi connectivity index (χ1n) is 7.66. The van der Waals surface area contributed by atoms with Gasteiger partial charge in [-0.2, -0.15) is 8.42 Å². The fourth-order valence-corrected chi connectivity index (χ4v) is 2.25. The minimum atomic E-state index is -4.67. The Morgan fingerprint density at radius 2 is 1.76 bits per heavy atom. The molecule has 15 heteroatoms. The van der Waals surface area contributed by atoms with Crippen LogP contribution < -0.4 is 11.1 Å². The fourth-order valence-electron chi connectivity index (χ4n) is 2.25. The maximum atomic E-state index is 13.6. The lowest BCUT2D eigenvalue weighted by molar-refractivity contribution is -0.118. The van der Waals surface area contributed by atoms with Gasteiger partial charge in [-0.25, -0.2) is 8.78 Å². The van der Waals surface area contributed by atoms with E-state index in [9.17, 15) is 18.7 Å². The topological polar surface area (TPSA) is 213 Å². The van der Waals surface area contributed by atoms with Gasteiger partial charge in [0, 0.05) is 18.6 Å². The van der Waals surface area contributed by atoms with Crippen LogP contribution in [0.15, 0.2) is 6.20 Å². The lowest BCUT2D eigenvalue weighted by Crippen LogP contribution is -2.25. The zero-order valence-corrected chi connectivity index (χ0v) is 15.7. The number of carbonyl (C=O) groups excluding carboxylic acids is 1. The van der Waals surface area contributed by atoms with Crippen molar-refractivity contribution in [3.05, 3.63) is 23.4 Å². The highest BCUT2D eigenvalue weighted by Gasteiger charge is 2.22. The van der Waals surface area contributed by atoms with Crippen molar-refractivity contribution in [1.82, 2.24) is 15.2 Å². The molecule has 0 saturated carbocycles. The third-order valence-corrected chi connectivity index (χ3v) is 3.47. The van der Waals surface area contributed by atoms with Crippen LogP contribution in [0.4, 0.5) is 8.78 Å². The van der Waals surface area contributed by atoms with Gasteiger partial charge >= 0.3 is 10.4 Å². The van der Waals surface area contributed by atoms with E-state index in [1.54, 1.807) is 11.9 Å². The summed E-state index contributed by atoms with van der Waals surface area (Å²) < 4.78 is 58.7. The van der Waals surface area contributed by atoms with E-state index in [1.165, 1.54) is 6.20 Å². The van der Waals surface area contributed by atoms with E-state index in [-0.39, 0.29) is 29.3 Å². The molecule has 1 saturated heterocycles. The second-order valence-corrected chi connectivity index (χ2v) is 6.52. The number of phenols is 2. The number of rotatable bonds is 2. The summed E-state index contributed by atoms with van der Waals surface area (Å²) in [5.41, 5.74) is 5.62. The van der Waals surface area contributed by atoms with E-state index in [2.05, 4.69) is 10.3 Å². The van der Waals surface area contributed by atoms with Gasteiger partial charge in [-0.1, -0.05) is 0 Å². The number of nitrogens with zero attached hydrogens (tertiary/aromatic N) is 1. The number of benzene rings is 1. The van der Waals surface area contributed by atoms with E-state index in [4.69, 9.17) is 33.8 Å². The number of guanidine groups is 1. The van der Waals surface area contributed by atoms with Crippen LogP contribution >= 0.6 is 0 Å². The Kier molecular flexibility index (Phi) is 7.84. The van der Waals surface area contributed by atoms with Crippen LogP contribution in [0.25, 0.3) is 10.9 Å². The van der Waals surface area contributed by atoms with Gasteiger partial charge in [0.2, 0.25) is 5.91 Å². The molecule has 1 aliphatic heterocycles. The van der Waals surface area contributed by atoms with Crippen molar-refractivity contribution in [1.29, 1.82) is 5.41 Å². The molecule has 2 aromatic rings. The van der Waals surface area contributed by atoms with Crippen molar-refractivity contribution in [3.8, 4) is 11.5 Å². The number of halogens is 2. The van der Waals surface area contributed by atoms with Crippen molar-refractivity contribution in [2.24, 2.45) is 5.73 Å². The molecule has 1 aromatic carbocycles. The SMILES string of the molecule is CN1CC(=O)NC1=N.NCCc1c[nH]c2c(F)c(O)c(O)c(F)c12.O=S(=O)(O)O. The Morgan fingerprint density at radius 1 is 1.24 bits per heavy atom. The molecule has 0 radical (unpaired) electrons. The zero-order chi connectivity index (χ0) is 22.5. The summed E-state index contributed by atoms with van der Waals surface area (Å²) in [6.07, 6.45) is 1.75. The Hall–Kier alpha value is -3.01. The van der Waals surface area contributed by atoms with Crippen molar-refractivity contribution < 1.29 is 41.3 Å². The fraction of sp³-hybridized carbons (Fsp3) is 0.286. The number of carbonyl (C=O) groups is 1. The quantitative estimate of drug-likeness (QED) is 0.227. The first-order chi connectivity index (χ1) is 13.3. The third-order valence-electron chi connectivity index (χ3n) is 3.47. The highest BCUT2D eigenvalue weighted by atomic mass is 32.3. The number of H-pyrrole nitrogens is 1. The van der Waals surface area contributed by atoms with Gasteiger partial charge in [0.15, 0.2) is 29.1 Å². The second kappa shape index (κ2) is 9.46. The molecule has 0 unspecified atom stereocenters. The number of aromatic nitrogens is 1. The first-order valence-corrected chi connectivity index (χ1v) is 9.05. The summed E-state index contributed by atoms with van der Waals surface area (Å²) >= 11 is 0. The van der Waals surface area contributed by atoms with Crippen molar-refractivity contribution in [3.63, 3.8) is 0 Å². The molecule has 0 atom stereocenters. The van der Waals surface area contributed by atoms with Crippen LogP contribution in [0.1, 0.15) is 5.56 Å². The average molecular weight is 439 g/mol. The van der Waals surface area contributed by atoms with Gasteiger partial charge in [-0.05, 0) is 18.5 Å². The van der Waals surface area contributed by atoms with E-state index in [0.29, 0.717) is 18.5 Å². The van der Waals surface area contributed by atoms with Gasteiger partial charge in [0.05, 0.1) is 12.1 Å². The average Bonchev–Trinajstić information content (AvgIpc) is 3.13. The molecule has 1 aliphatic rings. The number of hydrogen-bond acceptors (Lipinski definition) is 7. The van der Waals surface area contributed by atoms with Gasteiger partial charge < -0.3 is 25.8 Å². The molecule has 0 aliphatic carbocycles. The number of nitrogens with two attached hydrogens (primary N) is 1. The van der Waals surface area contributed by atoms with Crippen LogP contribution in [0, 0.1) is 17.0 Å². The Labute approximate surface area is 163 Å². The number of aromatic hydroxyl groups is 2. The van der Waals surface area contributed by atoms with Gasteiger partial charge in [-0.15, -0.1) is 0 Å². The van der Waals surface area contributed by atoms with Gasteiger partial charge in [0.25, 0.3) is 0 Å². The molecule has 3 rings (SSSR count). The van der Waals surface area contributed by atoms with Crippen LogP contribution in [-0.4, -0.2) is 69.6 Å². The lowest BCUT2D eigenvalue weighted by Gasteiger charge is -2.04. The maximum absolute atomic E-state index is 13.6. The number of amides is 1. The summed E-state index contributed by atoms with van der Waals surface area (Å²) in [7, 11) is -2.97. The number of likely N-dealkylation sites (N-methyl/N-ethyl adjacent to an activating group) is 1. The molecule has 1 fully saturated rings. The summed E-state index contributed by atoms with van der Waals surface area (Å²) in [5, 5.41) is 27.5. The normalized spacial score (nSPS) is 13.5. The van der Waals surface area contributed by atoms with Crippen LogP contribution in [0.5, 0.6) is 11.5 Å². The van der Waals surface area contributed by atoms with E-state index in [0.717, 1.165) is 0 Å². The first kappa shape index (κ1) is 24.0. The Bertz CT molecular complexity index is 1020. The van der Waals surface area contributed by atoms with Crippen LogP contribution in [-0.2, 0) is 21.6 Å². The number of hydrogen-bond donors (Lipinski definition) is 8. The summed E-state index contributed by atoms with van der Waals surface area (Å²) in [6.45, 7) is 0.592. The summed E-state index contributed by atoms with van der Waals surface area (Å²) in [5.74, 6) is -4.20. The minimum absolute atomic E-state index is 0.0711. The molecule has 29 heavy (non-hydrogen) atoms. The third kappa shape index (κ3) is 6.53.